The molecule has 114 valence electrons. The SMILES string of the molecule is CC(C)n1cncc1C(O)c1ccc(C(F)(F)F)nc1Cl. The van der Waals surface area contributed by atoms with Crippen LogP contribution in [0.2, 0.25) is 5.15 Å². The number of aromatic nitrogens is 3. The largest absolute Gasteiger partial charge is 0.433 e. The highest BCUT2D eigenvalue weighted by Gasteiger charge is 2.33. The fraction of sp³-hybridized carbons (Fsp3) is 0.385. The van der Waals surface area contributed by atoms with E-state index in [1.807, 2.05) is 13.8 Å². The summed E-state index contributed by atoms with van der Waals surface area (Å²) >= 11 is 5.78. The van der Waals surface area contributed by atoms with Crippen LogP contribution in [0.15, 0.2) is 24.7 Å². The van der Waals surface area contributed by atoms with Crippen molar-refractivity contribution in [3.63, 3.8) is 0 Å². The molecule has 8 heteroatoms. The van der Waals surface area contributed by atoms with Crippen molar-refractivity contribution in [1.82, 2.24) is 14.5 Å². The van der Waals surface area contributed by atoms with Crippen molar-refractivity contribution in [2.45, 2.75) is 32.2 Å². The molecule has 0 aliphatic rings. The quantitative estimate of drug-likeness (QED) is 0.879. The van der Waals surface area contributed by atoms with E-state index >= 15 is 0 Å². The summed E-state index contributed by atoms with van der Waals surface area (Å²) in [5, 5.41) is 9.94. The van der Waals surface area contributed by atoms with Gasteiger partial charge in [0.25, 0.3) is 0 Å². The van der Waals surface area contributed by atoms with E-state index in [1.54, 1.807) is 4.57 Å². The topological polar surface area (TPSA) is 50.9 Å². The van der Waals surface area contributed by atoms with Crippen LogP contribution in [-0.4, -0.2) is 19.6 Å². The van der Waals surface area contributed by atoms with Crippen LogP contribution >= 0.6 is 11.6 Å². The number of hydrogen-bond donors (Lipinski definition) is 1. The first-order valence-electron chi connectivity index (χ1n) is 6.15. The van der Waals surface area contributed by atoms with Gasteiger partial charge in [0, 0.05) is 11.6 Å². The highest BCUT2D eigenvalue weighted by molar-refractivity contribution is 6.30. The Morgan fingerprint density at radius 1 is 1.29 bits per heavy atom. The second-order valence-corrected chi connectivity index (χ2v) is 5.15. The molecule has 2 aromatic rings. The molecule has 1 N–H and O–H groups in total. The second-order valence-electron chi connectivity index (χ2n) is 4.80. The molecule has 2 heterocycles. The Balaban J connectivity index is 2.40. The van der Waals surface area contributed by atoms with E-state index in [4.69, 9.17) is 11.6 Å². The smallest absolute Gasteiger partial charge is 0.382 e. The van der Waals surface area contributed by atoms with E-state index in [-0.39, 0.29) is 16.8 Å². The van der Waals surface area contributed by atoms with Gasteiger partial charge in [0.05, 0.1) is 18.2 Å². The summed E-state index contributed by atoms with van der Waals surface area (Å²) in [7, 11) is 0. The van der Waals surface area contributed by atoms with Gasteiger partial charge in [0.1, 0.15) is 17.0 Å². The predicted molar refractivity (Wildman–Crippen MR) is 70.9 cm³/mol. The van der Waals surface area contributed by atoms with Gasteiger partial charge < -0.3 is 9.67 Å². The van der Waals surface area contributed by atoms with Crippen molar-refractivity contribution >= 4 is 11.6 Å². The maximum Gasteiger partial charge on any atom is 0.433 e. The monoisotopic (exact) mass is 319 g/mol. The minimum Gasteiger partial charge on any atom is -0.382 e. The van der Waals surface area contributed by atoms with E-state index in [0.29, 0.717) is 5.69 Å². The third-order valence-electron chi connectivity index (χ3n) is 3.00. The number of imidazole rings is 1. The average molecular weight is 320 g/mol. The Kier molecular flexibility index (Phi) is 4.25. The van der Waals surface area contributed by atoms with Crippen LogP contribution < -0.4 is 0 Å². The Morgan fingerprint density at radius 2 is 1.95 bits per heavy atom. The molecular formula is C13H13ClF3N3O. The molecule has 0 saturated heterocycles. The van der Waals surface area contributed by atoms with Gasteiger partial charge in [-0.15, -0.1) is 0 Å². The Morgan fingerprint density at radius 3 is 2.48 bits per heavy atom. The second kappa shape index (κ2) is 5.65. The number of nitrogens with zero attached hydrogens (tertiary/aromatic N) is 3. The molecule has 0 saturated carbocycles. The molecule has 2 aromatic heterocycles. The standard InChI is InChI=1S/C13H13ClF3N3O/c1-7(2)20-6-18-5-9(20)11(21)8-3-4-10(13(15,16)17)19-12(8)14/h3-7,11,21H,1-2H3. The van der Waals surface area contributed by atoms with Crippen LogP contribution in [0.5, 0.6) is 0 Å². The molecule has 0 fully saturated rings. The molecule has 1 unspecified atom stereocenters. The molecule has 4 nitrogen and oxygen atoms in total. The highest BCUT2D eigenvalue weighted by atomic mass is 35.5. The molecule has 0 radical (unpaired) electrons. The Bertz CT molecular complexity index is 640. The van der Waals surface area contributed by atoms with Crippen LogP contribution in [0.1, 0.15) is 42.9 Å². The van der Waals surface area contributed by atoms with Gasteiger partial charge in [0.2, 0.25) is 0 Å². The number of rotatable bonds is 3. The van der Waals surface area contributed by atoms with Crippen LogP contribution in [0, 0.1) is 0 Å². The molecular weight excluding hydrogens is 307 g/mol. The highest BCUT2D eigenvalue weighted by Crippen LogP contribution is 2.33. The summed E-state index contributed by atoms with van der Waals surface area (Å²) in [6.45, 7) is 3.79. The van der Waals surface area contributed by atoms with E-state index in [2.05, 4.69) is 9.97 Å². The van der Waals surface area contributed by atoms with E-state index < -0.39 is 18.0 Å². The zero-order valence-corrected chi connectivity index (χ0v) is 12.0. The molecule has 21 heavy (non-hydrogen) atoms. The first kappa shape index (κ1) is 15.8. The first-order chi connectivity index (χ1) is 9.71. The van der Waals surface area contributed by atoms with Gasteiger partial charge in [-0.25, -0.2) is 9.97 Å². The maximum absolute atomic E-state index is 12.5. The van der Waals surface area contributed by atoms with E-state index in [9.17, 15) is 18.3 Å². The summed E-state index contributed by atoms with van der Waals surface area (Å²) in [4.78, 5) is 7.24. The van der Waals surface area contributed by atoms with Gasteiger partial charge in [-0.05, 0) is 19.9 Å². The minimum atomic E-state index is -4.58. The van der Waals surface area contributed by atoms with Gasteiger partial charge in [-0.2, -0.15) is 13.2 Å². The number of aliphatic hydroxyl groups is 1. The lowest BCUT2D eigenvalue weighted by molar-refractivity contribution is -0.141. The van der Waals surface area contributed by atoms with Gasteiger partial charge in [-0.3, -0.25) is 0 Å². The molecule has 0 amide bonds. The fourth-order valence-corrected chi connectivity index (χ4v) is 2.18. The van der Waals surface area contributed by atoms with Gasteiger partial charge in [-0.1, -0.05) is 17.7 Å². The van der Waals surface area contributed by atoms with Crippen molar-refractivity contribution in [3.8, 4) is 0 Å². The van der Waals surface area contributed by atoms with E-state index in [1.165, 1.54) is 12.5 Å². The summed E-state index contributed by atoms with van der Waals surface area (Å²) < 4.78 is 39.3. The molecule has 2 rings (SSSR count). The van der Waals surface area contributed by atoms with Crippen molar-refractivity contribution in [2.75, 3.05) is 0 Å². The Hall–Kier alpha value is -1.60. The number of halogens is 4. The molecule has 0 aromatic carbocycles. The maximum atomic E-state index is 12.5. The van der Waals surface area contributed by atoms with E-state index in [0.717, 1.165) is 12.1 Å². The lowest BCUT2D eigenvalue weighted by Gasteiger charge is -2.18. The molecule has 0 spiro atoms. The predicted octanol–water partition coefficient (Wildman–Crippen LogP) is 3.61. The molecule has 0 aliphatic heterocycles. The average Bonchev–Trinajstić information content (AvgIpc) is 2.86. The van der Waals surface area contributed by atoms with Crippen molar-refractivity contribution < 1.29 is 18.3 Å². The Labute approximate surface area is 124 Å². The van der Waals surface area contributed by atoms with Crippen molar-refractivity contribution in [2.24, 2.45) is 0 Å². The summed E-state index contributed by atoms with van der Waals surface area (Å²) in [5.41, 5.74) is -0.554. The van der Waals surface area contributed by atoms with Crippen molar-refractivity contribution in [3.05, 3.63) is 46.8 Å². The number of alkyl halides is 3. The van der Waals surface area contributed by atoms with Gasteiger partial charge >= 0.3 is 6.18 Å². The number of hydrogen-bond acceptors (Lipinski definition) is 3. The fourth-order valence-electron chi connectivity index (χ4n) is 1.92. The van der Waals surface area contributed by atoms with Crippen LogP contribution in [0.25, 0.3) is 0 Å². The normalized spacial score (nSPS) is 13.7. The van der Waals surface area contributed by atoms with Crippen molar-refractivity contribution in [1.29, 1.82) is 0 Å². The third kappa shape index (κ3) is 3.19. The summed E-state index contributed by atoms with van der Waals surface area (Å²) in [5.74, 6) is 0. The zero-order chi connectivity index (χ0) is 15.8. The number of aliphatic hydroxyl groups excluding tert-OH is 1. The van der Waals surface area contributed by atoms with Crippen LogP contribution in [0.3, 0.4) is 0 Å². The third-order valence-corrected chi connectivity index (χ3v) is 3.30. The summed E-state index contributed by atoms with van der Waals surface area (Å²) in [6, 6.07) is 1.96. The van der Waals surface area contributed by atoms with Crippen LogP contribution in [0.4, 0.5) is 13.2 Å². The first-order valence-corrected chi connectivity index (χ1v) is 6.53. The molecule has 0 aliphatic carbocycles. The lowest BCUT2D eigenvalue weighted by atomic mass is 10.1. The number of pyridine rings is 1. The van der Waals surface area contributed by atoms with Gasteiger partial charge in [0.15, 0.2) is 0 Å². The molecule has 1 atom stereocenters. The summed E-state index contributed by atoms with van der Waals surface area (Å²) in [6.07, 6.45) is -2.79. The minimum absolute atomic E-state index is 0.0401. The van der Waals surface area contributed by atoms with Crippen LogP contribution in [-0.2, 0) is 6.18 Å². The zero-order valence-electron chi connectivity index (χ0n) is 11.3. The lowest BCUT2D eigenvalue weighted by Crippen LogP contribution is -2.13. The molecule has 0 bridgehead atoms.